The van der Waals surface area contributed by atoms with Crippen LogP contribution in [0.25, 0.3) is 0 Å². The van der Waals surface area contributed by atoms with Gasteiger partial charge in [0.15, 0.2) is 11.5 Å². The summed E-state index contributed by atoms with van der Waals surface area (Å²) >= 11 is 6.60. The van der Waals surface area contributed by atoms with E-state index in [1.165, 1.54) is 11.1 Å². The standard InChI is InChI=1S/C16H23ClN2O2/c1-9(2)14-15(12-4-10(6-18)7-19(12)3)11(17)5-13-16(14)21-8-20-13/h5,9-10,12H,4,6-8,18H2,1-3H3. The first kappa shape index (κ1) is 14.9. The predicted molar refractivity (Wildman–Crippen MR) is 84.2 cm³/mol. The molecule has 116 valence electrons. The first-order chi connectivity index (χ1) is 10.0. The maximum atomic E-state index is 6.60. The Morgan fingerprint density at radius 1 is 1.43 bits per heavy atom. The average Bonchev–Trinajstić information content (AvgIpc) is 3.02. The van der Waals surface area contributed by atoms with Gasteiger partial charge in [-0.25, -0.2) is 0 Å². The molecule has 0 aromatic heterocycles. The molecule has 2 N–H and O–H groups in total. The van der Waals surface area contributed by atoms with Crippen LogP contribution in [0.2, 0.25) is 5.02 Å². The van der Waals surface area contributed by atoms with Gasteiger partial charge in [-0.1, -0.05) is 25.4 Å². The van der Waals surface area contributed by atoms with Gasteiger partial charge in [0.05, 0.1) is 0 Å². The Morgan fingerprint density at radius 2 is 2.19 bits per heavy atom. The topological polar surface area (TPSA) is 47.7 Å². The number of fused-ring (bicyclic) bond motifs is 1. The monoisotopic (exact) mass is 310 g/mol. The molecule has 0 saturated carbocycles. The fourth-order valence-electron chi connectivity index (χ4n) is 3.58. The molecular formula is C16H23ClN2O2. The highest BCUT2D eigenvalue weighted by atomic mass is 35.5. The summed E-state index contributed by atoms with van der Waals surface area (Å²) in [6.07, 6.45) is 1.05. The van der Waals surface area contributed by atoms with Gasteiger partial charge in [-0.05, 0) is 37.4 Å². The molecule has 2 heterocycles. The Kier molecular flexibility index (Phi) is 4.04. The number of nitrogens with zero attached hydrogens (tertiary/aromatic N) is 1. The average molecular weight is 311 g/mol. The summed E-state index contributed by atoms with van der Waals surface area (Å²) in [6.45, 7) is 6.36. The molecule has 0 radical (unpaired) electrons. The second kappa shape index (κ2) is 5.67. The molecule has 21 heavy (non-hydrogen) atoms. The second-order valence-corrected chi connectivity index (χ2v) is 6.77. The number of ether oxygens (including phenoxy) is 2. The van der Waals surface area contributed by atoms with Gasteiger partial charge in [0, 0.05) is 29.2 Å². The minimum absolute atomic E-state index is 0.279. The number of likely N-dealkylation sites (tertiary alicyclic amines) is 1. The predicted octanol–water partition coefficient (Wildman–Crippen LogP) is 3.14. The highest BCUT2D eigenvalue weighted by Gasteiger charge is 2.36. The molecular weight excluding hydrogens is 288 g/mol. The van der Waals surface area contributed by atoms with E-state index < -0.39 is 0 Å². The van der Waals surface area contributed by atoms with Crippen LogP contribution in [-0.2, 0) is 0 Å². The first-order valence-electron chi connectivity index (χ1n) is 7.55. The maximum absolute atomic E-state index is 6.60. The van der Waals surface area contributed by atoms with Gasteiger partial charge in [-0.3, -0.25) is 4.90 Å². The molecule has 0 bridgehead atoms. The molecule has 1 saturated heterocycles. The van der Waals surface area contributed by atoms with Crippen LogP contribution < -0.4 is 15.2 Å². The van der Waals surface area contributed by atoms with Crippen LogP contribution in [0.4, 0.5) is 0 Å². The second-order valence-electron chi connectivity index (χ2n) is 6.37. The molecule has 4 nitrogen and oxygen atoms in total. The van der Waals surface area contributed by atoms with Crippen LogP contribution in [0.15, 0.2) is 6.07 Å². The van der Waals surface area contributed by atoms with E-state index in [4.69, 9.17) is 26.8 Å². The Hall–Kier alpha value is -0.970. The third-order valence-electron chi connectivity index (χ3n) is 4.57. The smallest absolute Gasteiger partial charge is 0.231 e. The van der Waals surface area contributed by atoms with E-state index in [9.17, 15) is 0 Å². The molecule has 0 spiro atoms. The van der Waals surface area contributed by atoms with Crippen LogP contribution in [0.1, 0.15) is 43.4 Å². The minimum Gasteiger partial charge on any atom is -0.454 e. The van der Waals surface area contributed by atoms with Crippen LogP contribution in [0, 0.1) is 5.92 Å². The number of hydrogen-bond donors (Lipinski definition) is 1. The van der Waals surface area contributed by atoms with Crippen molar-refractivity contribution in [2.75, 3.05) is 26.9 Å². The zero-order valence-corrected chi connectivity index (χ0v) is 13.6. The van der Waals surface area contributed by atoms with Gasteiger partial charge >= 0.3 is 0 Å². The van der Waals surface area contributed by atoms with Crippen molar-refractivity contribution in [1.82, 2.24) is 4.90 Å². The Morgan fingerprint density at radius 3 is 2.81 bits per heavy atom. The molecule has 1 aromatic rings. The van der Waals surface area contributed by atoms with E-state index in [-0.39, 0.29) is 6.79 Å². The lowest BCUT2D eigenvalue weighted by atomic mass is 9.89. The summed E-state index contributed by atoms with van der Waals surface area (Å²) < 4.78 is 11.2. The Balaban J connectivity index is 2.10. The van der Waals surface area contributed by atoms with Crippen molar-refractivity contribution in [3.8, 4) is 11.5 Å². The number of benzene rings is 1. The van der Waals surface area contributed by atoms with Crippen molar-refractivity contribution in [1.29, 1.82) is 0 Å². The highest BCUT2D eigenvalue weighted by Crippen LogP contribution is 2.49. The molecule has 1 fully saturated rings. The largest absolute Gasteiger partial charge is 0.454 e. The van der Waals surface area contributed by atoms with E-state index >= 15 is 0 Å². The molecule has 2 atom stereocenters. The summed E-state index contributed by atoms with van der Waals surface area (Å²) in [5.41, 5.74) is 8.23. The highest BCUT2D eigenvalue weighted by molar-refractivity contribution is 6.31. The zero-order chi connectivity index (χ0) is 15.1. The van der Waals surface area contributed by atoms with Crippen molar-refractivity contribution < 1.29 is 9.47 Å². The van der Waals surface area contributed by atoms with Crippen molar-refractivity contribution >= 4 is 11.6 Å². The van der Waals surface area contributed by atoms with E-state index in [0.717, 1.165) is 36.0 Å². The normalized spacial score (nSPS) is 25.0. The summed E-state index contributed by atoms with van der Waals surface area (Å²) in [7, 11) is 2.14. The van der Waals surface area contributed by atoms with E-state index in [0.29, 0.717) is 17.9 Å². The third-order valence-corrected chi connectivity index (χ3v) is 4.88. The molecule has 5 heteroatoms. The first-order valence-corrected chi connectivity index (χ1v) is 7.92. The molecule has 2 unspecified atom stereocenters. The number of rotatable bonds is 3. The molecule has 2 aliphatic heterocycles. The summed E-state index contributed by atoms with van der Waals surface area (Å²) in [4.78, 5) is 2.35. The molecule has 3 rings (SSSR count). The lowest BCUT2D eigenvalue weighted by Crippen LogP contribution is -2.21. The van der Waals surface area contributed by atoms with Gasteiger partial charge in [0.2, 0.25) is 6.79 Å². The zero-order valence-electron chi connectivity index (χ0n) is 12.9. The SMILES string of the molecule is CC(C)c1c2c(cc(Cl)c1C1CC(CN)CN1C)OCO2. The lowest BCUT2D eigenvalue weighted by molar-refractivity contribution is 0.173. The lowest BCUT2D eigenvalue weighted by Gasteiger charge is -2.26. The van der Waals surface area contributed by atoms with Crippen LogP contribution >= 0.6 is 11.6 Å². The van der Waals surface area contributed by atoms with Crippen LogP contribution in [-0.4, -0.2) is 31.8 Å². The molecule has 2 aliphatic rings. The number of hydrogen-bond acceptors (Lipinski definition) is 4. The fraction of sp³-hybridized carbons (Fsp3) is 0.625. The van der Waals surface area contributed by atoms with E-state index in [2.05, 4.69) is 25.8 Å². The van der Waals surface area contributed by atoms with Gasteiger partial charge in [-0.2, -0.15) is 0 Å². The van der Waals surface area contributed by atoms with Crippen molar-refractivity contribution in [2.24, 2.45) is 11.7 Å². The van der Waals surface area contributed by atoms with Crippen LogP contribution in [0.3, 0.4) is 0 Å². The fourth-order valence-corrected chi connectivity index (χ4v) is 3.90. The van der Waals surface area contributed by atoms with E-state index in [1.54, 1.807) is 0 Å². The van der Waals surface area contributed by atoms with Crippen molar-refractivity contribution in [2.45, 2.75) is 32.2 Å². The van der Waals surface area contributed by atoms with Gasteiger partial charge in [0.25, 0.3) is 0 Å². The van der Waals surface area contributed by atoms with Gasteiger partial charge < -0.3 is 15.2 Å². The summed E-state index contributed by atoms with van der Waals surface area (Å²) in [5.74, 6) is 2.50. The summed E-state index contributed by atoms with van der Waals surface area (Å²) in [5, 5.41) is 0.775. The molecule has 1 aromatic carbocycles. The quantitative estimate of drug-likeness (QED) is 0.931. The number of nitrogens with two attached hydrogens (primary N) is 1. The van der Waals surface area contributed by atoms with Gasteiger partial charge in [-0.15, -0.1) is 0 Å². The molecule has 0 aliphatic carbocycles. The number of halogens is 1. The van der Waals surface area contributed by atoms with Crippen LogP contribution in [0.5, 0.6) is 11.5 Å². The molecule has 0 amide bonds. The minimum atomic E-state index is 0.279. The third kappa shape index (κ3) is 2.50. The maximum Gasteiger partial charge on any atom is 0.231 e. The van der Waals surface area contributed by atoms with Crippen molar-refractivity contribution in [3.05, 3.63) is 22.2 Å². The Labute approximate surface area is 131 Å². The van der Waals surface area contributed by atoms with E-state index in [1.807, 2.05) is 6.07 Å². The summed E-state index contributed by atoms with van der Waals surface area (Å²) in [6, 6.07) is 2.20. The van der Waals surface area contributed by atoms with Crippen molar-refractivity contribution in [3.63, 3.8) is 0 Å². The Bertz CT molecular complexity index is 548. The van der Waals surface area contributed by atoms with Gasteiger partial charge in [0.1, 0.15) is 0 Å².